The molecule has 0 aromatic carbocycles. The van der Waals surface area contributed by atoms with Crippen molar-refractivity contribution < 1.29 is 4.52 Å². The molecule has 0 radical (unpaired) electrons. The Morgan fingerprint density at radius 1 is 1.13 bits per heavy atom. The van der Waals surface area contributed by atoms with Gasteiger partial charge in [-0.3, -0.25) is 0 Å². The molecule has 4 heteroatoms. The van der Waals surface area contributed by atoms with Gasteiger partial charge in [0.05, 0.1) is 5.92 Å². The zero-order valence-corrected chi connectivity index (χ0v) is 10.2. The maximum atomic E-state index is 5.93. The van der Waals surface area contributed by atoms with Crippen LogP contribution in [0.1, 0.15) is 58.2 Å². The summed E-state index contributed by atoms with van der Waals surface area (Å²) in [5.41, 5.74) is 5.93. The fourth-order valence-electron chi connectivity index (χ4n) is 1.73. The minimum atomic E-state index is 0.0328. The molecule has 0 saturated heterocycles. The van der Waals surface area contributed by atoms with Gasteiger partial charge in [0.2, 0.25) is 5.89 Å². The molecule has 15 heavy (non-hydrogen) atoms. The van der Waals surface area contributed by atoms with Gasteiger partial charge in [-0.25, -0.2) is 0 Å². The average molecular weight is 211 g/mol. The van der Waals surface area contributed by atoms with Gasteiger partial charge in [-0.15, -0.1) is 0 Å². The van der Waals surface area contributed by atoms with Gasteiger partial charge in [0.15, 0.2) is 5.82 Å². The van der Waals surface area contributed by atoms with E-state index in [9.17, 15) is 0 Å². The van der Waals surface area contributed by atoms with Gasteiger partial charge < -0.3 is 10.3 Å². The smallest absolute Gasteiger partial charge is 0.231 e. The van der Waals surface area contributed by atoms with Crippen molar-refractivity contribution in [2.45, 2.75) is 52.5 Å². The maximum Gasteiger partial charge on any atom is 0.231 e. The van der Waals surface area contributed by atoms with Crippen molar-refractivity contribution in [2.75, 3.05) is 0 Å². The predicted octanol–water partition coefficient (Wildman–Crippen LogP) is 2.28. The van der Waals surface area contributed by atoms with E-state index in [0.29, 0.717) is 17.7 Å². The first-order chi connectivity index (χ1) is 6.93. The summed E-state index contributed by atoms with van der Waals surface area (Å²) < 4.78 is 5.27. The molecule has 1 heterocycles. The summed E-state index contributed by atoms with van der Waals surface area (Å²) in [6, 6.07) is 0.0328. The van der Waals surface area contributed by atoms with Crippen LogP contribution in [0.15, 0.2) is 4.52 Å². The SMILES string of the molecule is CC(C)c1noc(C(C(C)C)C(C)N)n1. The van der Waals surface area contributed by atoms with E-state index >= 15 is 0 Å². The van der Waals surface area contributed by atoms with E-state index in [0.717, 1.165) is 5.82 Å². The fraction of sp³-hybridized carbons (Fsp3) is 0.818. The number of aromatic nitrogens is 2. The summed E-state index contributed by atoms with van der Waals surface area (Å²) >= 11 is 0. The molecular formula is C11H21N3O. The minimum Gasteiger partial charge on any atom is -0.339 e. The van der Waals surface area contributed by atoms with E-state index in [1.54, 1.807) is 0 Å². The van der Waals surface area contributed by atoms with E-state index in [4.69, 9.17) is 10.3 Å². The number of hydrogen-bond donors (Lipinski definition) is 1. The van der Waals surface area contributed by atoms with Crippen molar-refractivity contribution in [3.05, 3.63) is 11.7 Å². The molecule has 0 fully saturated rings. The summed E-state index contributed by atoms with van der Waals surface area (Å²) in [6.45, 7) is 10.3. The molecule has 2 atom stereocenters. The Morgan fingerprint density at radius 2 is 1.73 bits per heavy atom. The van der Waals surface area contributed by atoms with Crippen LogP contribution < -0.4 is 5.73 Å². The van der Waals surface area contributed by atoms with Gasteiger partial charge in [0.25, 0.3) is 0 Å². The highest BCUT2D eigenvalue weighted by molar-refractivity contribution is 5.01. The topological polar surface area (TPSA) is 64.9 Å². The molecule has 1 rings (SSSR count). The van der Waals surface area contributed by atoms with Crippen molar-refractivity contribution in [2.24, 2.45) is 11.7 Å². The Labute approximate surface area is 91.2 Å². The normalized spacial score (nSPS) is 16.0. The molecule has 0 spiro atoms. The zero-order chi connectivity index (χ0) is 11.6. The highest BCUT2D eigenvalue weighted by atomic mass is 16.5. The van der Waals surface area contributed by atoms with Crippen molar-refractivity contribution in [1.82, 2.24) is 10.1 Å². The van der Waals surface area contributed by atoms with E-state index in [-0.39, 0.29) is 12.0 Å². The first-order valence-electron chi connectivity index (χ1n) is 5.52. The largest absolute Gasteiger partial charge is 0.339 e. The predicted molar refractivity (Wildman–Crippen MR) is 59.6 cm³/mol. The van der Waals surface area contributed by atoms with Gasteiger partial charge >= 0.3 is 0 Å². The molecular weight excluding hydrogens is 190 g/mol. The zero-order valence-electron chi connectivity index (χ0n) is 10.2. The van der Waals surface area contributed by atoms with Crippen LogP contribution in [-0.2, 0) is 0 Å². The van der Waals surface area contributed by atoms with Crippen molar-refractivity contribution in [3.8, 4) is 0 Å². The average Bonchev–Trinajstić information content (AvgIpc) is 2.51. The van der Waals surface area contributed by atoms with Gasteiger partial charge in [0, 0.05) is 12.0 Å². The maximum absolute atomic E-state index is 5.93. The highest BCUT2D eigenvalue weighted by Crippen LogP contribution is 2.26. The third-order valence-electron chi connectivity index (χ3n) is 2.54. The minimum absolute atomic E-state index is 0.0328. The van der Waals surface area contributed by atoms with Gasteiger partial charge in [-0.2, -0.15) is 4.98 Å². The third-order valence-corrected chi connectivity index (χ3v) is 2.54. The van der Waals surface area contributed by atoms with Gasteiger partial charge in [0.1, 0.15) is 0 Å². The lowest BCUT2D eigenvalue weighted by Gasteiger charge is -2.20. The number of hydrogen-bond acceptors (Lipinski definition) is 4. The Bertz CT molecular complexity index is 297. The molecule has 86 valence electrons. The number of rotatable bonds is 4. The lowest BCUT2D eigenvalue weighted by atomic mass is 9.90. The first-order valence-corrected chi connectivity index (χ1v) is 5.52. The number of nitrogens with zero attached hydrogens (tertiary/aromatic N) is 2. The van der Waals surface area contributed by atoms with E-state index in [2.05, 4.69) is 24.0 Å². The number of nitrogens with two attached hydrogens (primary N) is 1. The van der Waals surface area contributed by atoms with E-state index < -0.39 is 0 Å². The van der Waals surface area contributed by atoms with E-state index in [1.807, 2.05) is 20.8 Å². The van der Waals surface area contributed by atoms with Crippen LogP contribution in [0.4, 0.5) is 0 Å². The van der Waals surface area contributed by atoms with Crippen LogP contribution in [0.3, 0.4) is 0 Å². The van der Waals surface area contributed by atoms with Crippen LogP contribution >= 0.6 is 0 Å². The second-order valence-corrected chi connectivity index (χ2v) is 4.77. The molecule has 1 aromatic rings. The van der Waals surface area contributed by atoms with Crippen LogP contribution in [0.2, 0.25) is 0 Å². The quantitative estimate of drug-likeness (QED) is 0.829. The molecule has 2 unspecified atom stereocenters. The second kappa shape index (κ2) is 4.75. The molecule has 0 aliphatic heterocycles. The lowest BCUT2D eigenvalue weighted by molar-refractivity contribution is 0.298. The molecule has 4 nitrogen and oxygen atoms in total. The van der Waals surface area contributed by atoms with Crippen molar-refractivity contribution in [1.29, 1.82) is 0 Å². The Balaban J connectivity index is 2.92. The van der Waals surface area contributed by atoms with E-state index in [1.165, 1.54) is 0 Å². The lowest BCUT2D eigenvalue weighted by Crippen LogP contribution is -2.28. The summed E-state index contributed by atoms with van der Waals surface area (Å²) in [5.74, 6) is 2.28. The summed E-state index contributed by atoms with van der Waals surface area (Å²) in [5, 5.41) is 3.96. The summed E-state index contributed by atoms with van der Waals surface area (Å²) in [4.78, 5) is 4.39. The highest BCUT2D eigenvalue weighted by Gasteiger charge is 2.26. The third kappa shape index (κ3) is 2.78. The standard InChI is InChI=1S/C11H21N3O/c1-6(2)9(8(5)12)11-13-10(7(3)4)14-15-11/h6-9H,12H2,1-5H3. The van der Waals surface area contributed by atoms with Crippen molar-refractivity contribution in [3.63, 3.8) is 0 Å². The van der Waals surface area contributed by atoms with Crippen LogP contribution in [0.5, 0.6) is 0 Å². The molecule has 0 bridgehead atoms. The van der Waals surface area contributed by atoms with Crippen LogP contribution in [0.25, 0.3) is 0 Å². The van der Waals surface area contributed by atoms with Crippen molar-refractivity contribution >= 4 is 0 Å². The molecule has 0 saturated carbocycles. The molecule has 0 aliphatic rings. The Hall–Kier alpha value is -0.900. The fourth-order valence-corrected chi connectivity index (χ4v) is 1.73. The van der Waals surface area contributed by atoms with Crippen LogP contribution in [0, 0.1) is 5.92 Å². The molecule has 0 aliphatic carbocycles. The Morgan fingerprint density at radius 3 is 2.07 bits per heavy atom. The van der Waals surface area contributed by atoms with Crippen LogP contribution in [-0.4, -0.2) is 16.2 Å². The summed E-state index contributed by atoms with van der Waals surface area (Å²) in [6.07, 6.45) is 0. The molecule has 1 aromatic heterocycles. The van der Waals surface area contributed by atoms with Gasteiger partial charge in [-0.1, -0.05) is 32.9 Å². The summed E-state index contributed by atoms with van der Waals surface area (Å²) in [7, 11) is 0. The molecule has 2 N–H and O–H groups in total. The molecule has 0 amide bonds. The monoisotopic (exact) mass is 211 g/mol. The first kappa shape index (κ1) is 12.2. The van der Waals surface area contributed by atoms with Gasteiger partial charge in [-0.05, 0) is 12.8 Å². The Kier molecular flexibility index (Phi) is 3.85. The second-order valence-electron chi connectivity index (χ2n) is 4.77.